The summed E-state index contributed by atoms with van der Waals surface area (Å²) in [5.41, 5.74) is 6.97. The van der Waals surface area contributed by atoms with Crippen LogP contribution in [0.25, 0.3) is 0 Å². The summed E-state index contributed by atoms with van der Waals surface area (Å²) in [4.78, 5) is 4.68. The average Bonchev–Trinajstić information content (AvgIpc) is 2.33. The van der Waals surface area contributed by atoms with Gasteiger partial charge in [-0.1, -0.05) is 17.7 Å². The van der Waals surface area contributed by atoms with Gasteiger partial charge in [0.15, 0.2) is 0 Å². The summed E-state index contributed by atoms with van der Waals surface area (Å²) in [5, 5.41) is 0.466. The molecule has 88 valence electrons. The first kappa shape index (κ1) is 12.1. The molecular formula is C12H11ClN2OS. The smallest absolute Gasteiger partial charge is 0.0706 e. The van der Waals surface area contributed by atoms with Gasteiger partial charge in [-0.25, -0.2) is 0 Å². The van der Waals surface area contributed by atoms with Crippen LogP contribution in [-0.2, 0) is 16.6 Å². The summed E-state index contributed by atoms with van der Waals surface area (Å²) >= 11 is 5.99. The van der Waals surface area contributed by atoms with Crippen LogP contribution < -0.4 is 5.73 Å². The summed E-state index contributed by atoms with van der Waals surface area (Å²) in [7, 11) is -1.23. The second-order valence-corrected chi connectivity index (χ2v) is 5.33. The van der Waals surface area contributed by atoms with Crippen molar-refractivity contribution in [2.45, 2.75) is 10.6 Å². The largest absolute Gasteiger partial charge is 0.399 e. The van der Waals surface area contributed by atoms with Gasteiger partial charge in [0.2, 0.25) is 0 Å². The summed E-state index contributed by atoms with van der Waals surface area (Å²) in [6.07, 6.45) is 1.67. The zero-order valence-electron chi connectivity index (χ0n) is 8.97. The highest BCUT2D eigenvalue weighted by Crippen LogP contribution is 2.23. The van der Waals surface area contributed by atoms with E-state index in [9.17, 15) is 4.21 Å². The van der Waals surface area contributed by atoms with Crippen molar-refractivity contribution in [2.24, 2.45) is 0 Å². The number of pyridine rings is 1. The predicted molar refractivity (Wildman–Crippen MR) is 70.2 cm³/mol. The molecule has 0 spiro atoms. The van der Waals surface area contributed by atoms with Crippen molar-refractivity contribution in [1.82, 2.24) is 4.98 Å². The Morgan fingerprint density at radius 1 is 1.29 bits per heavy atom. The van der Waals surface area contributed by atoms with Gasteiger partial charge >= 0.3 is 0 Å². The highest BCUT2D eigenvalue weighted by molar-refractivity contribution is 7.84. The molecule has 3 nitrogen and oxygen atoms in total. The molecule has 1 aromatic heterocycles. The summed E-state index contributed by atoms with van der Waals surface area (Å²) in [6.45, 7) is 0. The molecule has 0 radical (unpaired) electrons. The third kappa shape index (κ3) is 3.05. The molecule has 1 atom stereocenters. The van der Waals surface area contributed by atoms with Crippen LogP contribution in [0.5, 0.6) is 0 Å². The molecule has 0 bridgehead atoms. The number of aromatic nitrogens is 1. The van der Waals surface area contributed by atoms with E-state index in [2.05, 4.69) is 4.98 Å². The molecule has 2 rings (SSSR count). The minimum absolute atomic E-state index is 0.337. The van der Waals surface area contributed by atoms with Gasteiger partial charge in [-0.05, 0) is 30.3 Å². The van der Waals surface area contributed by atoms with Gasteiger partial charge in [0.1, 0.15) is 0 Å². The third-order valence-corrected chi connectivity index (χ3v) is 4.03. The maximum Gasteiger partial charge on any atom is 0.0706 e. The van der Waals surface area contributed by atoms with E-state index in [0.29, 0.717) is 21.4 Å². The van der Waals surface area contributed by atoms with E-state index in [1.165, 1.54) is 0 Å². The first-order valence-corrected chi connectivity index (χ1v) is 6.70. The molecule has 1 heterocycles. The summed E-state index contributed by atoms with van der Waals surface area (Å²) in [6, 6.07) is 10.5. The predicted octanol–water partition coefficient (Wildman–Crippen LogP) is 2.63. The molecule has 0 aliphatic heterocycles. The van der Waals surface area contributed by atoms with Crippen molar-refractivity contribution in [3.63, 3.8) is 0 Å². The Balaban J connectivity index is 2.23. The van der Waals surface area contributed by atoms with Gasteiger partial charge < -0.3 is 5.73 Å². The van der Waals surface area contributed by atoms with Gasteiger partial charge in [-0.2, -0.15) is 0 Å². The molecule has 0 aliphatic rings. The zero-order chi connectivity index (χ0) is 12.3. The standard InChI is InChI=1S/C12H11ClN2OS/c13-11-5-4-9(14)7-12(11)17(16)8-10-3-1-2-6-15-10/h1-7H,8,14H2. The van der Waals surface area contributed by atoms with Crippen LogP contribution in [0.2, 0.25) is 5.02 Å². The first-order valence-electron chi connectivity index (χ1n) is 5.00. The van der Waals surface area contributed by atoms with Gasteiger partial charge in [0.05, 0.1) is 32.2 Å². The second kappa shape index (κ2) is 5.29. The van der Waals surface area contributed by atoms with E-state index in [-0.39, 0.29) is 0 Å². The molecule has 0 amide bonds. The average molecular weight is 267 g/mol. The quantitative estimate of drug-likeness (QED) is 0.869. The summed E-state index contributed by atoms with van der Waals surface area (Å²) in [5.74, 6) is 0.337. The Morgan fingerprint density at radius 2 is 2.12 bits per heavy atom. The number of hydrogen-bond acceptors (Lipinski definition) is 3. The zero-order valence-corrected chi connectivity index (χ0v) is 10.5. The van der Waals surface area contributed by atoms with Crippen LogP contribution in [0.15, 0.2) is 47.5 Å². The first-order chi connectivity index (χ1) is 8.16. The number of nitrogen functional groups attached to an aromatic ring is 1. The Labute approximate surface area is 107 Å². The van der Waals surface area contributed by atoms with Crippen molar-refractivity contribution in [1.29, 1.82) is 0 Å². The number of nitrogens with two attached hydrogens (primary N) is 1. The molecule has 17 heavy (non-hydrogen) atoms. The van der Waals surface area contributed by atoms with Crippen LogP contribution in [-0.4, -0.2) is 9.19 Å². The Morgan fingerprint density at radius 3 is 2.82 bits per heavy atom. The minimum atomic E-state index is -1.23. The fourth-order valence-electron chi connectivity index (χ4n) is 1.39. The Kier molecular flexibility index (Phi) is 3.76. The molecule has 1 unspecified atom stereocenters. The molecular weight excluding hydrogens is 256 g/mol. The summed E-state index contributed by atoms with van der Waals surface area (Å²) < 4.78 is 12.1. The number of benzene rings is 1. The van der Waals surface area contributed by atoms with Crippen molar-refractivity contribution < 1.29 is 4.21 Å². The Hall–Kier alpha value is -1.39. The lowest BCUT2D eigenvalue weighted by molar-refractivity contribution is 0.682. The third-order valence-electron chi connectivity index (χ3n) is 2.21. The number of hydrogen-bond donors (Lipinski definition) is 1. The molecule has 0 fully saturated rings. The van der Waals surface area contributed by atoms with E-state index in [1.54, 1.807) is 24.4 Å². The molecule has 0 saturated carbocycles. The van der Waals surface area contributed by atoms with E-state index >= 15 is 0 Å². The van der Waals surface area contributed by atoms with E-state index in [1.807, 2.05) is 18.2 Å². The maximum absolute atomic E-state index is 12.1. The monoisotopic (exact) mass is 266 g/mol. The van der Waals surface area contributed by atoms with Crippen molar-refractivity contribution in [3.8, 4) is 0 Å². The van der Waals surface area contributed by atoms with Crippen molar-refractivity contribution in [2.75, 3.05) is 5.73 Å². The van der Waals surface area contributed by atoms with E-state index in [0.717, 1.165) is 5.69 Å². The lowest BCUT2D eigenvalue weighted by Crippen LogP contribution is -2.00. The normalized spacial score (nSPS) is 12.3. The topological polar surface area (TPSA) is 56.0 Å². The van der Waals surface area contributed by atoms with Gasteiger partial charge in [-0.15, -0.1) is 0 Å². The number of halogens is 1. The molecule has 0 aliphatic carbocycles. The van der Waals surface area contributed by atoms with E-state index in [4.69, 9.17) is 17.3 Å². The lowest BCUT2D eigenvalue weighted by Gasteiger charge is -2.05. The fourth-order valence-corrected chi connectivity index (χ4v) is 2.91. The van der Waals surface area contributed by atoms with Crippen LogP contribution in [0.1, 0.15) is 5.69 Å². The van der Waals surface area contributed by atoms with Crippen LogP contribution in [0.4, 0.5) is 5.69 Å². The van der Waals surface area contributed by atoms with E-state index < -0.39 is 10.8 Å². The molecule has 2 N–H and O–H groups in total. The SMILES string of the molecule is Nc1ccc(Cl)c(S(=O)Cc2ccccn2)c1. The highest BCUT2D eigenvalue weighted by atomic mass is 35.5. The Bertz CT molecular complexity index is 545. The lowest BCUT2D eigenvalue weighted by atomic mass is 10.3. The number of rotatable bonds is 3. The van der Waals surface area contributed by atoms with Crippen molar-refractivity contribution >= 4 is 28.1 Å². The highest BCUT2D eigenvalue weighted by Gasteiger charge is 2.10. The van der Waals surface area contributed by atoms with Crippen LogP contribution in [0.3, 0.4) is 0 Å². The van der Waals surface area contributed by atoms with Gasteiger partial charge in [0.25, 0.3) is 0 Å². The van der Waals surface area contributed by atoms with Gasteiger partial charge in [-0.3, -0.25) is 9.19 Å². The van der Waals surface area contributed by atoms with Gasteiger partial charge in [0, 0.05) is 11.9 Å². The van der Waals surface area contributed by atoms with Crippen LogP contribution in [0, 0.1) is 0 Å². The van der Waals surface area contributed by atoms with Crippen molar-refractivity contribution in [3.05, 3.63) is 53.3 Å². The number of anilines is 1. The minimum Gasteiger partial charge on any atom is -0.399 e. The number of nitrogens with zero attached hydrogens (tertiary/aromatic N) is 1. The molecule has 2 aromatic rings. The molecule has 1 aromatic carbocycles. The molecule has 5 heteroatoms. The maximum atomic E-state index is 12.1. The van der Waals surface area contributed by atoms with Crippen LogP contribution >= 0.6 is 11.6 Å². The second-order valence-electron chi connectivity index (χ2n) is 3.50. The molecule has 0 saturated heterocycles. The fraction of sp³-hybridized carbons (Fsp3) is 0.0833.